The van der Waals surface area contributed by atoms with Crippen molar-refractivity contribution in [2.24, 2.45) is 0 Å². The fourth-order valence-electron chi connectivity index (χ4n) is 1.30. The van der Waals surface area contributed by atoms with Gasteiger partial charge >= 0.3 is 0 Å². The van der Waals surface area contributed by atoms with Crippen LogP contribution in [0.15, 0.2) is 28.7 Å². The first-order valence-corrected chi connectivity index (χ1v) is 6.17. The summed E-state index contributed by atoms with van der Waals surface area (Å²) in [6.45, 7) is 6.59. The highest BCUT2D eigenvalue weighted by atomic mass is 79.9. The maximum Gasteiger partial charge on any atom is 0.150 e. The average Bonchev–Trinajstić information content (AvgIpc) is 2.14. The van der Waals surface area contributed by atoms with Crippen LogP contribution >= 0.6 is 15.9 Å². The SMILES string of the molecule is CC(C)(C)NCC(=O)Cc1cccc(Br)c1. The standard InChI is InChI=1S/C13H18BrNO/c1-13(2,3)15-9-12(16)8-10-5-4-6-11(14)7-10/h4-7,15H,8-9H2,1-3H3. The van der Waals surface area contributed by atoms with Crippen molar-refractivity contribution in [1.29, 1.82) is 0 Å². The van der Waals surface area contributed by atoms with Gasteiger partial charge in [-0.1, -0.05) is 28.1 Å². The Morgan fingerprint density at radius 1 is 1.38 bits per heavy atom. The van der Waals surface area contributed by atoms with Gasteiger partial charge in [-0.05, 0) is 38.5 Å². The van der Waals surface area contributed by atoms with E-state index in [0.717, 1.165) is 10.0 Å². The number of ketones is 1. The number of hydrogen-bond donors (Lipinski definition) is 1. The Hall–Kier alpha value is -0.670. The van der Waals surface area contributed by atoms with Gasteiger partial charge in [0.15, 0.2) is 5.78 Å². The molecule has 0 radical (unpaired) electrons. The molecular formula is C13H18BrNO. The summed E-state index contributed by atoms with van der Waals surface area (Å²) in [6.07, 6.45) is 0.489. The summed E-state index contributed by atoms with van der Waals surface area (Å²) in [4.78, 5) is 11.7. The van der Waals surface area contributed by atoms with Crippen molar-refractivity contribution in [2.75, 3.05) is 6.54 Å². The molecule has 0 amide bonds. The summed E-state index contributed by atoms with van der Waals surface area (Å²) in [6, 6.07) is 7.86. The fraction of sp³-hybridized carbons (Fsp3) is 0.462. The summed E-state index contributed by atoms with van der Waals surface area (Å²) in [5.74, 6) is 0.216. The van der Waals surface area contributed by atoms with Crippen molar-refractivity contribution >= 4 is 21.7 Å². The van der Waals surface area contributed by atoms with Gasteiger partial charge in [0.25, 0.3) is 0 Å². The molecule has 0 bridgehead atoms. The van der Waals surface area contributed by atoms with E-state index in [2.05, 4.69) is 42.0 Å². The third-order valence-electron chi connectivity index (χ3n) is 2.11. The zero-order valence-electron chi connectivity index (χ0n) is 10.0. The Kier molecular flexibility index (Phi) is 4.69. The summed E-state index contributed by atoms with van der Waals surface area (Å²) >= 11 is 3.40. The molecule has 0 aromatic heterocycles. The van der Waals surface area contributed by atoms with E-state index in [9.17, 15) is 4.79 Å². The lowest BCUT2D eigenvalue weighted by Crippen LogP contribution is -2.39. The van der Waals surface area contributed by atoms with E-state index < -0.39 is 0 Å². The van der Waals surface area contributed by atoms with Crippen molar-refractivity contribution in [1.82, 2.24) is 5.32 Å². The summed E-state index contributed by atoms with van der Waals surface area (Å²) < 4.78 is 1.02. The molecular weight excluding hydrogens is 266 g/mol. The second kappa shape index (κ2) is 5.60. The lowest BCUT2D eigenvalue weighted by Gasteiger charge is -2.19. The van der Waals surface area contributed by atoms with E-state index in [0.29, 0.717) is 13.0 Å². The van der Waals surface area contributed by atoms with Crippen molar-refractivity contribution in [3.63, 3.8) is 0 Å². The Balaban J connectivity index is 2.46. The minimum atomic E-state index is -0.00701. The van der Waals surface area contributed by atoms with Crippen LogP contribution in [0, 0.1) is 0 Å². The second-order valence-corrected chi connectivity index (χ2v) is 5.86. The summed E-state index contributed by atoms with van der Waals surface area (Å²) in [5, 5.41) is 3.20. The van der Waals surface area contributed by atoms with E-state index in [1.165, 1.54) is 0 Å². The van der Waals surface area contributed by atoms with Gasteiger partial charge in [0.2, 0.25) is 0 Å². The highest BCUT2D eigenvalue weighted by molar-refractivity contribution is 9.10. The van der Waals surface area contributed by atoms with Crippen LogP contribution in [0.2, 0.25) is 0 Å². The number of halogens is 1. The number of benzene rings is 1. The molecule has 88 valence electrons. The van der Waals surface area contributed by atoms with Crippen LogP contribution in [0.3, 0.4) is 0 Å². The van der Waals surface area contributed by atoms with Gasteiger partial charge in [-0.3, -0.25) is 4.79 Å². The number of carbonyl (C=O) groups excluding carboxylic acids is 1. The number of Topliss-reactive ketones (excluding diaryl/α,β-unsaturated/α-hetero) is 1. The summed E-state index contributed by atoms with van der Waals surface area (Å²) in [5.41, 5.74) is 1.04. The van der Waals surface area contributed by atoms with Crippen LogP contribution in [0.4, 0.5) is 0 Å². The Morgan fingerprint density at radius 3 is 2.62 bits per heavy atom. The highest BCUT2D eigenvalue weighted by Crippen LogP contribution is 2.12. The maximum atomic E-state index is 11.7. The minimum absolute atomic E-state index is 0.00701. The fourth-order valence-corrected chi connectivity index (χ4v) is 1.75. The Labute approximate surface area is 106 Å². The third kappa shape index (κ3) is 5.42. The van der Waals surface area contributed by atoms with Crippen LogP contribution in [-0.2, 0) is 11.2 Å². The van der Waals surface area contributed by atoms with Crippen molar-refractivity contribution < 1.29 is 4.79 Å². The predicted molar refractivity (Wildman–Crippen MR) is 70.6 cm³/mol. The largest absolute Gasteiger partial charge is 0.305 e. The van der Waals surface area contributed by atoms with E-state index >= 15 is 0 Å². The van der Waals surface area contributed by atoms with Gasteiger partial charge in [-0.2, -0.15) is 0 Å². The smallest absolute Gasteiger partial charge is 0.150 e. The number of rotatable bonds is 4. The molecule has 0 aliphatic carbocycles. The van der Waals surface area contributed by atoms with Crippen molar-refractivity contribution in [2.45, 2.75) is 32.7 Å². The third-order valence-corrected chi connectivity index (χ3v) is 2.60. The highest BCUT2D eigenvalue weighted by Gasteiger charge is 2.11. The Morgan fingerprint density at radius 2 is 2.06 bits per heavy atom. The molecule has 1 N–H and O–H groups in total. The lowest BCUT2D eigenvalue weighted by atomic mass is 10.1. The van der Waals surface area contributed by atoms with Gasteiger partial charge in [-0.15, -0.1) is 0 Å². The van der Waals surface area contributed by atoms with Crippen LogP contribution in [0.5, 0.6) is 0 Å². The maximum absolute atomic E-state index is 11.7. The molecule has 0 aliphatic rings. The molecule has 0 spiro atoms. The van der Waals surface area contributed by atoms with Gasteiger partial charge in [0, 0.05) is 16.4 Å². The van der Waals surface area contributed by atoms with Gasteiger partial charge in [0.1, 0.15) is 0 Å². The topological polar surface area (TPSA) is 29.1 Å². The molecule has 1 aromatic rings. The molecule has 0 atom stereocenters. The first-order valence-electron chi connectivity index (χ1n) is 5.38. The van der Waals surface area contributed by atoms with Crippen LogP contribution in [-0.4, -0.2) is 17.9 Å². The number of carbonyl (C=O) groups is 1. The monoisotopic (exact) mass is 283 g/mol. The number of hydrogen-bond acceptors (Lipinski definition) is 2. The van der Waals surface area contributed by atoms with Crippen molar-refractivity contribution in [3.8, 4) is 0 Å². The first kappa shape index (κ1) is 13.4. The lowest BCUT2D eigenvalue weighted by molar-refractivity contribution is -0.117. The van der Waals surface area contributed by atoms with E-state index in [1.807, 2.05) is 24.3 Å². The molecule has 1 rings (SSSR count). The van der Waals surface area contributed by atoms with Crippen LogP contribution in [0.1, 0.15) is 26.3 Å². The molecule has 0 saturated carbocycles. The second-order valence-electron chi connectivity index (χ2n) is 4.95. The van der Waals surface area contributed by atoms with E-state index in [4.69, 9.17) is 0 Å². The predicted octanol–water partition coefficient (Wildman–Crippen LogP) is 2.95. The molecule has 3 heteroatoms. The van der Waals surface area contributed by atoms with Gasteiger partial charge in [0.05, 0.1) is 6.54 Å². The van der Waals surface area contributed by atoms with E-state index in [1.54, 1.807) is 0 Å². The van der Waals surface area contributed by atoms with Gasteiger partial charge in [-0.25, -0.2) is 0 Å². The van der Waals surface area contributed by atoms with Crippen molar-refractivity contribution in [3.05, 3.63) is 34.3 Å². The Bertz CT molecular complexity index is 368. The molecule has 0 unspecified atom stereocenters. The van der Waals surface area contributed by atoms with Crippen LogP contribution < -0.4 is 5.32 Å². The molecule has 0 aliphatic heterocycles. The normalized spacial score (nSPS) is 11.5. The molecule has 1 aromatic carbocycles. The summed E-state index contributed by atoms with van der Waals surface area (Å²) in [7, 11) is 0. The molecule has 0 fully saturated rings. The van der Waals surface area contributed by atoms with Crippen LogP contribution in [0.25, 0.3) is 0 Å². The number of nitrogens with one attached hydrogen (secondary N) is 1. The molecule has 0 heterocycles. The molecule has 2 nitrogen and oxygen atoms in total. The first-order chi connectivity index (χ1) is 7.37. The van der Waals surface area contributed by atoms with Gasteiger partial charge < -0.3 is 5.32 Å². The minimum Gasteiger partial charge on any atom is -0.305 e. The van der Waals surface area contributed by atoms with E-state index in [-0.39, 0.29) is 11.3 Å². The molecule has 0 saturated heterocycles. The molecule has 16 heavy (non-hydrogen) atoms. The quantitative estimate of drug-likeness (QED) is 0.921. The average molecular weight is 284 g/mol. The zero-order valence-corrected chi connectivity index (χ0v) is 11.6. The zero-order chi connectivity index (χ0) is 12.2.